The molecule has 1 fully saturated rings. The van der Waals surface area contributed by atoms with Crippen LogP contribution in [-0.2, 0) is 0 Å². The molecule has 0 radical (unpaired) electrons. The fourth-order valence-corrected chi connectivity index (χ4v) is 2.27. The van der Waals surface area contributed by atoms with E-state index in [2.05, 4.69) is 0 Å². The Morgan fingerprint density at radius 1 is 1.29 bits per heavy atom. The lowest BCUT2D eigenvalue weighted by Crippen LogP contribution is -2.45. The monoisotopic (exact) mass is 209 g/mol. The number of hydrogen-bond donors (Lipinski definition) is 1. The van der Waals surface area contributed by atoms with Gasteiger partial charge in [0, 0.05) is 5.54 Å². The van der Waals surface area contributed by atoms with Crippen LogP contribution in [0.5, 0.6) is 0 Å². The first kappa shape index (κ1) is 11.8. The second kappa shape index (κ2) is 4.09. The van der Waals surface area contributed by atoms with E-state index in [0.717, 1.165) is 12.8 Å². The summed E-state index contributed by atoms with van der Waals surface area (Å²) in [5.74, 6) is -1.11. The summed E-state index contributed by atoms with van der Waals surface area (Å²) < 4.78 is 37.0. The number of hydrogen-bond acceptors (Lipinski definition) is 1. The minimum absolute atomic E-state index is 0.208. The number of alkyl halides is 3. The summed E-state index contributed by atoms with van der Waals surface area (Å²) in [4.78, 5) is 0. The third-order valence-corrected chi connectivity index (χ3v) is 3.19. The van der Waals surface area contributed by atoms with Crippen LogP contribution in [0.3, 0.4) is 0 Å². The van der Waals surface area contributed by atoms with E-state index in [-0.39, 0.29) is 18.4 Å². The molecule has 0 unspecified atom stereocenters. The minimum Gasteiger partial charge on any atom is -0.325 e. The molecule has 0 amide bonds. The molecule has 1 saturated carbocycles. The van der Waals surface area contributed by atoms with Gasteiger partial charge >= 0.3 is 6.18 Å². The summed E-state index contributed by atoms with van der Waals surface area (Å²) in [6, 6.07) is 0. The average molecular weight is 209 g/mol. The smallest absolute Gasteiger partial charge is 0.325 e. The molecule has 0 aromatic rings. The predicted octanol–water partition coefficient (Wildman–Crippen LogP) is 3.24. The Kier molecular flexibility index (Phi) is 3.45. The molecule has 14 heavy (non-hydrogen) atoms. The number of nitrogens with two attached hydrogens (primary N) is 1. The van der Waals surface area contributed by atoms with Crippen molar-refractivity contribution in [3.05, 3.63) is 0 Å². The summed E-state index contributed by atoms with van der Waals surface area (Å²) in [5.41, 5.74) is 5.68. The van der Waals surface area contributed by atoms with Crippen molar-refractivity contribution in [2.75, 3.05) is 0 Å². The molecule has 0 heterocycles. The lowest BCUT2D eigenvalue weighted by Gasteiger charge is -2.37. The van der Waals surface area contributed by atoms with E-state index in [1.54, 1.807) is 0 Å². The normalized spacial score (nSPS) is 34.5. The Labute approximate surface area is 82.9 Å². The van der Waals surface area contributed by atoms with E-state index >= 15 is 0 Å². The van der Waals surface area contributed by atoms with Crippen LogP contribution >= 0.6 is 0 Å². The summed E-state index contributed by atoms with van der Waals surface area (Å²) in [5, 5.41) is 0. The average Bonchev–Trinajstić information content (AvgIpc) is 2.03. The van der Waals surface area contributed by atoms with E-state index in [9.17, 15) is 13.2 Å². The maximum absolute atomic E-state index is 12.3. The Balaban J connectivity index is 2.45. The molecule has 1 aliphatic carbocycles. The molecule has 1 rings (SSSR count). The third kappa shape index (κ3) is 2.87. The topological polar surface area (TPSA) is 26.0 Å². The van der Waals surface area contributed by atoms with Crippen molar-refractivity contribution in [3.63, 3.8) is 0 Å². The van der Waals surface area contributed by atoms with Gasteiger partial charge in [0.1, 0.15) is 0 Å². The van der Waals surface area contributed by atoms with Crippen molar-refractivity contribution >= 4 is 0 Å². The lowest BCUT2D eigenvalue weighted by atomic mass is 9.75. The highest BCUT2D eigenvalue weighted by Gasteiger charge is 2.44. The van der Waals surface area contributed by atoms with E-state index in [1.165, 1.54) is 0 Å². The number of halogens is 3. The summed E-state index contributed by atoms with van der Waals surface area (Å²) in [6.07, 6.45) is -0.770. The molecule has 0 aromatic heterocycles. The van der Waals surface area contributed by atoms with Crippen molar-refractivity contribution in [2.45, 2.75) is 57.2 Å². The fraction of sp³-hybridized carbons (Fsp3) is 1.00. The molecule has 0 bridgehead atoms. The van der Waals surface area contributed by atoms with Gasteiger partial charge in [-0.15, -0.1) is 0 Å². The highest BCUT2D eigenvalue weighted by molar-refractivity contribution is 4.90. The minimum atomic E-state index is -4.02. The Morgan fingerprint density at radius 3 is 2.14 bits per heavy atom. The quantitative estimate of drug-likeness (QED) is 0.742. The predicted molar refractivity (Wildman–Crippen MR) is 49.8 cm³/mol. The molecule has 1 nitrogen and oxygen atoms in total. The number of rotatable bonds is 2. The Bertz CT molecular complexity index is 180. The molecule has 0 spiro atoms. The van der Waals surface area contributed by atoms with Gasteiger partial charge in [-0.05, 0) is 32.1 Å². The molecule has 0 atom stereocenters. The van der Waals surface area contributed by atoms with Crippen LogP contribution in [0.25, 0.3) is 0 Å². The zero-order chi connectivity index (χ0) is 10.8. The van der Waals surface area contributed by atoms with Gasteiger partial charge in [-0.25, -0.2) is 0 Å². The maximum atomic E-state index is 12.3. The van der Waals surface area contributed by atoms with E-state index < -0.39 is 12.1 Å². The van der Waals surface area contributed by atoms with Gasteiger partial charge in [0.2, 0.25) is 0 Å². The highest BCUT2D eigenvalue weighted by Crippen LogP contribution is 2.41. The van der Waals surface area contributed by atoms with Crippen molar-refractivity contribution in [1.29, 1.82) is 0 Å². The van der Waals surface area contributed by atoms with E-state index in [4.69, 9.17) is 5.73 Å². The molecule has 0 aromatic carbocycles. The SMILES string of the molecule is CCCC1(N)CCC(C(F)(F)F)CC1. The molecular weight excluding hydrogens is 191 g/mol. The summed E-state index contributed by atoms with van der Waals surface area (Å²) in [7, 11) is 0. The Morgan fingerprint density at radius 2 is 1.79 bits per heavy atom. The first-order chi connectivity index (χ1) is 6.37. The first-order valence-electron chi connectivity index (χ1n) is 5.23. The van der Waals surface area contributed by atoms with E-state index in [0.29, 0.717) is 12.8 Å². The second-order valence-electron chi connectivity index (χ2n) is 4.43. The van der Waals surface area contributed by atoms with Gasteiger partial charge in [0.25, 0.3) is 0 Å². The first-order valence-corrected chi connectivity index (χ1v) is 5.23. The maximum Gasteiger partial charge on any atom is 0.391 e. The van der Waals surface area contributed by atoms with Gasteiger partial charge in [-0.2, -0.15) is 13.2 Å². The lowest BCUT2D eigenvalue weighted by molar-refractivity contribution is -0.184. The van der Waals surface area contributed by atoms with Gasteiger partial charge in [-0.3, -0.25) is 0 Å². The largest absolute Gasteiger partial charge is 0.391 e. The van der Waals surface area contributed by atoms with Crippen LogP contribution < -0.4 is 5.73 Å². The van der Waals surface area contributed by atoms with E-state index in [1.807, 2.05) is 6.92 Å². The summed E-state index contributed by atoms with van der Waals surface area (Å²) >= 11 is 0. The van der Waals surface area contributed by atoms with Crippen LogP contribution in [0.2, 0.25) is 0 Å². The molecule has 0 saturated heterocycles. The van der Waals surface area contributed by atoms with Crippen LogP contribution in [0.1, 0.15) is 45.4 Å². The van der Waals surface area contributed by atoms with Crippen LogP contribution in [0.15, 0.2) is 0 Å². The molecule has 1 aliphatic rings. The molecule has 0 aliphatic heterocycles. The molecule has 2 N–H and O–H groups in total. The zero-order valence-corrected chi connectivity index (χ0v) is 8.53. The van der Waals surface area contributed by atoms with Crippen molar-refractivity contribution in [3.8, 4) is 0 Å². The molecule has 4 heteroatoms. The Hall–Kier alpha value is -0.250. The zero-order valence-electron chi connectivity index (χ0n) is 8.53. The van der Waals surface area contributed by atoms with Crippen LogP contribution in [-0.4, -0.2) is 11.7 Å². The highest BCUT2D eigenvalue weighted by atomic mass is 19.4. The van der Waals surface area contributed by atoms with Gasteiger partial charge in [-0.1, -0.05) is 13.3 Å². The molecule has 84 valence electrons. The molecular formula is C10H18F3N. The van der Waals surface area contributed by atoms with Crippen molar-refractivity contribution in [2.24, 2.45) is 11.7 Å². The van der Waals surface area contributed by atoms with Crippen LogP contribution in [0, 0.1) is 5.92 Å². The second-order valence-corrected chi connectivity index (χ2v) is 4.43. The summed E-state index contributed by atoms with van der Waals surface area (Å²) in [6.45, 7) is 2.02. The van der Waals surface area contributed by atoms with Gasteiger partial charge in [0.15, 0.2) is 0 Å². The standard InChI is InChI=1S/C10H18F3N/c1-2-5-9(14)6-3-8(4-7-9)10(11,12)13/h8H,2-7,14H2,1H3. The van der Waals surface area contributed by atoms with Crippen LogP contribution in [0.4, 0.5) is 13.2 Å². The van der Waals surface area contributed by atoms with Crippen molar-refractivity contribution in [1.82, 2.24) is 0 Å². The van der Waals surface area contributed by atoms with Crippen molar-refractivity contribution < 1.29 is 13.2 Å². The third-order valence-electron chi connectivity index (χ3n) is 3.19. The van der Waals surface area contributed by atoms with Gasteiger partial charge in [0.05, 0.1) is 5.92 Å². The van der Waals surface area contributed by atoms with Gasteiger partial charge < -0.3 is 5.73 Å². The fourth-order valence-electron chi connectivity index (χ4n) is 2.27.